The molecule has 0 atom stereocenters. The molecule has 0 aromatic heterocycles. The number of para-hydroxylation sites is 1. The Morgan fingerprint density at radius 3 is 1.71 bits per heavy atom. The molecule has 0 saturated carbocycles. The maximum absolute atomic E-state index is 10.9. The standard InChI is InChI=1S/C30H27NO3/c32-29(33)21-20-24-12-10-11-19-28(24)34-23-22-31-30(25-13-4-1-5-14-25,26-15-6-2-7-16-26)27-17-8-3-9-18-27/h1-21,31H,22-23H2,(H,32,33). The van der Waals surface area contributed by atoms with Crippen molar-refractivity contribution in [1.82, 2.24) is 5.32 Å². The molecule has 0 heterocycles. The monoisotopic (exact) mass is 449 g/mol. The molecule has 0 spiro atoms. The van der Waals surface area contributed by atoms with Crippen molar-refractivity contribution in [3.05, 3.63) is 144 Å². The summed E-state index contributed by atoms with van der Waals surface area (Å²) in [5.74, 6) is -0.346. The van der Waals surface area contributed by atoms with Crippen molar-refractivity contribution in [2.75, 3.05) is 13.2 Å². The first-order valence-corrected chi connectivity index (χ1v) is 11.2. The van der Waals surface area contributed by atoms with Crippen LogP contribution in [0.1, 0.15) is 22.3 Å². The van der Waals surface area contributed by atoms with Gasteiger partial charge in [0.2, 0.25) is 0 Å². The summed E-state index contributed by atoms with van der Waals surface area (Å²) < 4.78 is 6.07. The molecule has 0 aliphatic rings. The number of rotatable bonds is 10. The summed E-state index contributed by atoms with van der Waals surface area (Å²) in [6.07, 6.45) is 2.67. The van der Waals surface area contributed by atoms with Gasteiger partial charge >= 0.3 is 5.97 Å². The van der Waals surface area contributed by atoms with Gasteiger partial charge < -0.3 is 9.84 Å². The number of aliphatic carboxylic acids is 1. The van der Waals surface area contributed by atoms with Gasteiger partial charge in [0.25, 0.3) is 0 Å². The van der Waals surface area contributed by atoms with Crippen LogP contribution in [0.25, 0.3) is 6.08 Å². The average molecular weight is 450 g/mol. The summed E-state index contributed by atoms with van der Waals surface area (Å²) in [5, 5.41) is 12.7. The zero-order valence-corrected chi connectivity index (χ0v) is 18.8. The van der Waals surface area contributed by atoms with E-state index in [4.69, 9.17) is 9.84 Å². The zero-order chi connectivity index (χ0) is 23.6. The molecule has 4 nitrogen and oxygen atoms in total. The Labute approximate surface area is 200 Å². The molecule has 0 bridgehead atoms. The third-order valence-electron chi connectivity index (χ3n) is 5.69. The Bertz CT molecular complexity index is 1120. The number of hydrogen-bond donors (Lipinski definition) is 2. The van der Waals surface area contributed by atoms with Crippen molar-refractivity contribution in [1.29, 1.82) is 0 Å². The normalized spacial score (nSPS) is 11.4. The fourth-order valence-electron chi connectivity index (χ4n) is 4.18. The second-order valence-corrected chi connectivity index (χ2v) is 7.83. The van der Waals surface area contributed by atoms with Crippen LogP contribution in [0.4, 0.5) is 0 Å². The predicted octanol–water partition coefficient (Wildman–Crippen LogP) is 5.74. The van der Waals surface area contributed by atoms with Crippen LogP contribution in [0, 0.1) is 0 Å². The van der Waals surface area contributed by atoms with Crippen molar-refractivity contribution in [2.45, 2.75) is 5.54 Å². The fourth-order valence-corrected chi connectivity index (χ4v) is 4.18. The molecule has 4 rings (SSSR count). The summed E-state index contributed by atoms with van der Waals surface area (Å²) in [5.41, 5.74) is 3.58. The number of hydrogen-bond acceptors (Lipinski definition) is 3. The molecule has 34 heavy (non-hydrogen) atoms. The lowest BCUT2D eigenvalue weighted by Gasteiger charge is -2.37. The maximum Gasteiger partial charge on any atom is 0.328 e. The van der Waals surface area contributed by atoms with Crippen LogP contribution < -0.4 is 10.1 Å². The largest absolute Gasteiger partial charge is 0.492 e. The van der Waals surface area contributed by atoms with Gasteiger partial charge in [0, 0.05) is 18.2 Å². The van der Waals surface area contributed by atoms with Crippen molar-refractivity contribution in [3.63, 3.8) is 0 Å². The highest BCUT2D eigenvalue weighted by Crippen LogP contribution is 2.36. The molecule has 0 aliphatic carbocycles. The molecule has 4 aromatic carbocycles. The van der Waals surface area contributed by atoms with E-state index in [1.54, 1.807) is 6.08 Å². The topological polar surface area (TPSA) is 58.6 Å². The number of carboxylic acids is 1. The van der Waals surface area contributed by atoms with Crippen LogP contribution in [-0.2, 0) is 10.3 Å². The van der Waals surface area contributed by atoms with E-state index >= 15 is 0 Å². The summed E-state index contributed by atoms with van der Waals surface area (Å²) in [6, 6.07) is 38.7. The van der Waals surface area contributed by atoms with Gasteiger partial charge in [0.1, 0.15) is 12.4 Å². The maximum atomic E-state index is 10.9. The molecule has 170 valence electrons. The molecule has 0 unspecified atom stereocenters. The molecular weight excluding hydrogens is 422 g/mol. The van der Waals surface area contributed by atoms with Gasteiger partial charge in [-0.1, -0.05) is 109 Å². The third-order valence-corrected chi connectivity index (χ3v) is 5.69. The lowest BCUT2D eigenvalue weighted by atomic mass is 9.77. The summed E-state index contributed by atoms with van der Waals surface area (Å²) in [6.45, 7) is 0.974. The average Bonchev–Trinajstić information content (AvgIpc) is 2.90. The summed E-state index contributed by atoms with van der Waals surface area (Å²) in [4.78, 5) is 10.9. The second-order valence-electron chi connectivity index (χ2n) is 7.83. The number of ether oxygens (including phenoxy) is 1. The van der Waals surface area contributed by atoms with Crippen molar-refractivity contribution in [3.8, 4) is 5.75 Å². The Kier molecular flexibility index (Phi) is 7.53. The van der Waals surface area contributed by atoms with Gasteiger partial charge in [0.05, 0.1) is 5.54 Å². The van der Waals surface area contributed by atoms with Crippen LogP contribution in [0.5, 0.6) is 5.75 Å². The van der Waals surface area contributed by atoms with Crippen LogP contribution in [0.2, 0.25) is 0 Å². The van der Waals surface area contributed by atoms with Gasteiger partial charge in [-0.2, -0.15) is 0 Å². The Morgan fingerprint density at radius 1 is 0.735 bits per heavy atom. The number of nitrogens with one attached hydrogen (secondary N) is 1. The van der Waals surface area contributed by atoms with E-state index in [0.29, 0.717) is 18.9 Å². The van der Waals surface area contributed by atoms with Gasteiger partial charge in [-0.15, -0.1) is 0 Å². The second kappa shape index (κ2) is 11.1. The fraction of sp³-hybridized carbons (Fsp3) is 0.100. The first kappa shape index (κ1) is 23.0. The summed E-state index contributed by atoms with van der Waals surface area (Å²) in [7, 11) is 0. The molecule has 0 radical (unpaired) electrons. The highest BCUT2D eigenvalue weighted by molar-refractivity contribution is 5.85. The lowest BCUT2D eigenvalue weighted by Crippen LogP contribution is -2.46. The van der Waals surface area contributed by atoms with E-state index in [-0.39, 0.29) is 0 Å². The molecule has 4 aromatic rings. The molecule has 2 N–H and O–H groups in total. The summed E-state index contributed by atoms with van der Waals surface area (Å²) >= 11 is 0. The van der Waals surface area contributed by atoms with E-state index in [0.717, 1.165) is 28.3 Å². The van der Waals surface area contributed by atoms with E-state index in [1.807, 2.05) is 42.5 Å². The minimum Gasteiger partial charge on any atom is -0.492 e. The van der Waals surface area contributed by atoms with Crippen LogP contribution >= 0.6 is 0 Å². The van der Waals surface area contributed by atoms with E-state index in [2.05, 4.69) is 78.1 Å². The predicted molar refractivity (Wildman–Crippen MR) is 136 cm³/mol. The minimum atomic E-state index is -0.991. The molecule has 0 saturated heterocycles. The molecule has 4 heteroatoms. The van der Waals surface area contributed by atoms with Gasteiger partial charge in [-0.05, 0) is 28.8 Å². The Balaban J connectivity index is 1.63. The lowest BCUT2D eigenvalue weighted by molar-refractivity contribution is -0.131. The SMILES string of the molecule is O=C(O)C=Cc1ccccc1OCCNC(c1ccccc1)(c1ccccc1)c1ccccc1. The quantitative estimate of drug-likeness (QED) is 0.184. The molecule has 0 fully saturated rings. The van der Waals surface area contributed by atoms with Crippen LogP contribution in [0.3, 0.4) is 0 Å². The number of carbonyl (C=O) groups is 1. The van der Waals surface area contributed by atoms with Gasteiger partial charge in [-0.3, -0.25) is 5.32 Å². The highest BCUT2D eigenvalue weighted by Gasteiger charge is 2.35. The minimum absolute atomic E-state index is 0.409. The van der Waals surface area contributed by atoms with Gasteiger partial charge in [-0.25, -0.2) is 4.79 Å². The van der Waals surface area contributed by atoms with E-state index in [9.17, 15) is 4.79 Å². The highest BCUT2D eigenvalue weighted by atomic mass is 16.5. The molecule has 0 amide bonds. The van der Waals surface area contributed by atoms with Crippen molar-refractivity contribution in [2.24, 2.45) is 0 Å². The number of benzene rings is 4. The number of carboxylic acid groups (broad SMARTS) is 1. The first-order valence-electron chi connectivity index (χ1n) is 11.2. The third kappa shape index (κ3) is 5.25. The van der Waals surface area contributed by atoms with E-state index in [1.165, 1.54) is 0 Å². The van der Waals surface area contributed by atoms with Crippen LogP contribution in [-0.4, -0.2) is 24.2 Å². The Hall–Kier alpha value is -4.15. The smallest absolute Gasteiger partial charge is 0.328 e. The molecule has 0 aliphatic heterocycles. The Morgan fingerprint density at radius 2 is 1.21 bits per heavy atom. The zero-order valence-electron chi connectivity index (χ0n) is 18.8. The van der Waals surface area contributed by atoms with Crippen molar-refractivity contribution < 1.29 is 14.6 Å². The van der Waals surface area contributed by atoms with Gasteiger partial charge in [0.15, 0.2) is 0 Å². The first-order chi connectivity index (χ1) is 16.7. The van der Waals surface area contributed by atoms with Crippen LogP contribution in [0.15, 0.2) is 121 Å². The van der Waals surface area contributed by atoms with E-state index < -0.39 is 11.5 Å². The van der Waals surface area contributed by atoms with Crippen molar-refractivity contribution >= 4 is 12.0 Å². The molecular formula is C30H27NO3.